The second-order valence-corrected chi connectivity index (χ2v) is 12.5. The number of fused-ring (bicyclic) bond motifs is 3. The van der Waals surface area contributed by atoms with Crippen molar-refractivity contribution < 1.29 is 18.7 Å². The number of hydrogen-bond donors (Lipinski definition) is 0. The van der Waals surface area contributed by atoms with Gasteiger partial charge in [-0.25, -0.2) is 9.37 Å². The minimum atomic E-state index is -0.363. The number of anilines is 1. The minimum absolute atomic E-state index is 0.0120. The average molecular weight is 612 g/mol. The molecule has 1 amide bonds. The van der Waals surface area contributed by atoms with Crippen molar-refractivity contribution in [3.63, 3.8) is 0 Å². The maximum atomic E-state index is 14.6. The molecule has 5 aromatic rings. The largest absolute Gasteiger partial charge is 0.490 e. The topological polar surface area (TPSA) is 72.7 Å². The molecule has 5 heterocycles. The molecule has 2 atom stereocenters. The van der Waals surface area contributed by atoms with Gasteiger partial charge in [0.2, 0.25) is 5.91 Å². The number of amides is 1. The third-order valence-electron chi connectivity index (χ3n) is 8.95. The second-order valence-electron chi connectivity index (χ2n) is 11.5. The smallest absolute Gasteiger partial charge is 0.245 e. The molecular formula is C34H34FN5O3S. The molecular weight excluding hydrogens is 577 g/mol. The molecule has 0 spiro atoms. The van der Waals surface area contributed by atoms with Gasteiger partial charge in [-0.1, -0.05) is 12.6 Å². The predicted octanol–water partition coefficient (Wildman–Crippen LogP) is 6.15. The van der Waals surface area contributed by atoms with E-state index in [1.165, 1.54) is 18.2 Å². The van der Waals surface area contributed by atoms with Crippen LogP contribution in [0.1, 0.15) is 6.42 Å². The molecule has 3 aromatic heterocycles. The number of aryl methyl sites for hydroxylation is 1. The molecule has 7 rings (SSSR count). The Labute approximate surface area is 259 Å². The van der Waals surface area contributed by atoms with Crippen LogP contribution in [0.5, 0.6) is 5.75 Å². The molecule has 2 aliphatic heterocycles. The summed E-state index contributed by atoms with van der Waals surface area (Å²) in [6.07, 6.45) is 4.24. The number of thiophene rings is 1. The van der Waals surface area contributed by atoms with Crippen molar-refractivity contribution in [3.05, 3.63) is 72.5 Å². The number of aromatic nitrogens is 3. The Morgan fingerprint density at radius 2 is 2.00 bits per heavy atom. The summed E-state index contributed by atoms with van der Waals surface area (Å²) in [7, 11) is 3.56. The van der Waals surface area contributed by atoms with E-state index in [2.05, 4.69) is 46.2 Å². The van der Waals surface area contributed by atoms with Gasteiger partial charge in [-0.2, -0.15) is 5.10 Å². The van der Waals surface area contributed by atoms with Crippen molar-refractivity contribution in [1.29, 1.82) is 0 Å². The van der Waals surface area contributed by atoms with E-state index in [9.17, 15) is 9.18 Å². The van der Waals surface area contributed by atoms with Gasteiger partial charge >= 0.3 is 0 Å². The second kappa shape index (κ2) is 11.7. The molecule has 2 saturated heterocycles. The van der Waals surface area contributed by atoms with Gasteiger partial charge in [0.25, 0.3) is 0 Å². The van der Waals surface area contributed by atoms with Crippen molar-refractivity contribution in [1.82, 2.24) is 19.7 Å². The SMILES string of the molecule is C=CC(=O)N1CC2CN(c3nc(-c4ccc5c(cnn5C)c4)c4ccsc4c3-c3ccc(F)cc3OCCOC)CC[C@H]2C1. The van der Waals surface area contributed by atoms with Crippen molar-refractivity contribution >= 4 is 44.1 Å². The number of carbonyl (C=O) groups is 1. The Balaban J connectivity index is 1.39. The first-order chi connectivity index (χ1) is 21.4. The maximum Gasteiger partial charge on any atom is 0.245 e. The van der Waals surface area contributed by atoms with Gasteiger partial charge in [0.15, 0.2) is 0 Å². The Bertz CT molecular complexity index is 1880. The summed E-state index contributed by atoms with van der Waals surface area (Å²) in [5.41, 5.74) is 4.69. The van der Waals surface area contributed by atoms with Gasteiger partial charge in [-0.3, -0.25) is 9.48 Å². The summed E-state index contributed by atoms with van der Waals surface area (Å²) in [6, 6.07) is 13.2. The minimum Gasteiger partial charge on any atom is -0.490 e. The van der Waals surface area contributed by atoms with E-state index in [0.29, 0.717) is 37.3 Å². The number of hydrogen-bond acceptors (Lipinski definition) is 7. The Morgan fingerprint density at radius 3 is 2.84 bits per heavy atom. The summed E-state index contributed by atoms with van der Waals surface area (Å²) in [5, 5.41) is 8.60. The van der Waals surface area contributed by atoms with Gasteiger partial charge in [0.1, 0.15) is 24.0 Å². The van der Waals surface area contributed by atoms with E-state index >= 15 is 0 Å². The van der Waals surface area contributed by atoms with Crippen molar-refractivity contribution in [2.75, 3.05) is 51.4 Å². The number of carbonyl (C=O) groups excluding carboxylic acids is 1. The molecule has 2 aromatic carbocycles. The molecule has 0 aliphatic carbocycles. The van der Waals surface area contributed by atoms with Crippen LogP contribution in [-0.4, -0.2) is 72.1 Å². The Morgan fingerprint density at radius 1 is 1.14 bits per heavy atom. The Hall–Kier alpha value is -4.28. The van der Waals surface area contributed by atoms with E-state index in [4.69, 9.17) is 14.5 Å². The average Bonchev–Trinajstić information content (AvgIpc) is 3.78. The summed E-state index contributed by atoms with van der Waals surface area (Å²) in [6.45, 7) is 7.42. The molecule has 226 valence electrons. The zero-order valence-electron chi connectivity index (χ0n) is 24.8. The highest BCUT2D eigenvalue weighted by Crippen LogP contribution is 2.47. The van der Waals surface area contributed by atoms with Gasteiger partial charge in [0, 0.05) is 78.6 Å². The molecule has 44 heavy (non-hydrogen) atoms. The lowest BCUT2D eigenvalue weighted by atomic mass is 9.88. The monoisotopic (exact) mass is 611 g/mol. The van der Waals surface area contributed by atoms with Crippen LogP contribution < -0.4 is 9.64 Å². The molecule has 10 heteroatoms. The van der Waals surface area contributed by atoms with Crippen LogP contribution in [0, 0.1) is 17.7 Å². The summed E-state index contributed by atoms with van der Waals surface area (Å²) >= 11 is 1.65. The van der Waals surface area contributed by atoms with E-state index in [1.807, 2.05) is 22.8 Å². The fourth-order valence-corrected chi connectivity index (χ4v) is 7.69. The quantitative estimate of drug-likeness (QED) is 0.155. The number of rotatable bonds is 8. The van der Waals surface area contributed by atoms with E-state index < -0.39 is 0 Å². The van der Waals surface area contributed by atoms with Crippen molar-refractivity contribution in [3.8, 4) is 28.1 Å². The first kappa shape index (κ1) is 28.5. The lowest BCUT2D eigenvalue weighted by molar-refractivity contribution is -0.125. The van der Waals surface area contributed by atoms with Crippen molar-refractivity contribution in [2.24, 2.45) is 18.9 Å². The van der Waals surface area contributed by atoms with Crippen LogP contribution in [0.3, 0.4) is 0 Å². The van der Waals surface area contributed by atoms with Gasteiger partial charge < -0.3 is 19.3 Å². The molecule has 2 aliphatic rings. The highest BCUT2D eigenvalue weighted by atomic mass is 32.1. The first-order valence-corrected chi connectivity index (χ1v) is 15.7. The number of ether oxygens (including phenoxy) is 2. The van der Waals surface area contributed by atoms with Crippen LogP contribution in [0.15, 0.2) is 66.7 Å². The number of benzene rings is 2. The van der Waals surface area contributed by atoms with Crippen LogP contribution in [0.2, 0.25) is 0 Å². The third-order valence-corrected chi connectivity index (χ3v) is 9.89. The standard InChI is InChI=1S/C34H34FN5O3S/c1-4-30(41)40-18-22-9-11-39(19-24(22)20-40)34-31(26-7-6-25(35)16-29(26)43-13-12-42-3)33-27(10-14-44-33)32(37-34)21-5-8-28-23(15-21)17-36-38(28)2/h4-8,10,14-17,22,24H,1,9,11-13,18-20H2,2-3H3/t22-,24?/m0/s1. The lowest BCUT2D eigenvalue weighted by Crippen LogP contribution is -2.40. The van der Waals surface area contributed by atoms with Gasteiger partial charge in [-0.05, 0) is 60.0 Å². The highest BCUT2D eigenvalue weighted by Gasteiger charge is 2.39. The highest BCUT2D eigenvalue weighted by molar-refractivity contribution is 7.18. The van der Waals surface area contributed by atoms with Crippen LogP contribution in [0.25, 0.3) is 43.4 Å². The molecule has 0 radical (unpaired) electrons. The molecule has 2 fully saturated rings. The van der Waals surface area contributed by atoms with Crippen LogP contribution in [-0.2, 0) is 16.6 Å². The zero-order valence-corrected chi connectivity index (χ0v) is 25.6. The van der Waals surface area contributed by atoms with Crippen LogP contribution >= 0.6 is 11.3 Å². The fourth-order valence-electron chi connectivity index (χ4n) is 6.74. The zero-order chi connectivity index (χ0) is 30.4. The van der Waals surface area contributed by atoms with Gasteiger partial charge in [-0.15, -0.1) is 11.3 Å². The number of methoxy groups -OCH3 is 1. The number of pyridine rings is 1. The molecule has 0 bridgehead atoms. The summed E-state index contributed by atoms with van der Waals surface area (Å²) in [5.74, 6) is 1.69. The first-order valence-electron chi connectivity index (χ1n) is 14.9. The maximum absolute atomic E-state index is 14.6. The number of likely N-dealkylation sites (tertiary alicyclic amines) is 1. The molecule has 1 unspecified atom stereocenters. The van der Waals surface area contributed by atoms with Crippen LogP contribution in [0.4, 0.5) is 10.2 Å². The molecule has 0 saturated carbocycles. The molecule has 8 nitrogen and oxygen atoms in total. The van der Waals surface area contributed by atoms with E-state index in [-0.39, 0.29) is 11.7 Å². The third kappa shape index (κ3) is 5.01. The number of nitrogens with zero attached hydrogens (tertiary/aromatic N) is 5. The number of piperidine rings is 1. The molecule has 0 N–H and O–H groups in total. The fraction of sp³-hybridized carbons (Fsp3) is 0.324. The summed E-state index contributed by atoms with van der Waals surface area (Å²) < 4.78 is 28.8. The van der Waals surface area contributed by atoms with E-state index in [0.717, 1.165) is 75.2 Å². The summed E-state index contributed by atoms with van der Waals surface area (Å²) in [4.78, 5) is 22.2. The van der Waals surface area contributed by atoms with Gasteiger partial charge in [0.05, 0.1) is 24.0 Å². The number of halogens is 1. The van der Waals surface area contributed by atoms with E-state index in [1.54, 1.807) is 24.5 Å². The Kier molecular flexibility index (Phi) is 7.55. The lowest BCUT2D eigenvalue weighted by Gasteiger charge is -2.36. The predicted molar refractivity (Wildman–Crippen MR) is 173 cm³/mol. The van der Waals surface area contributed by atoms with Crippen molar-refractivity contribution in [2.45, 2.75) is 6.42 Å². The normalized spacial score (nSPS) is 18.2.